The zero-order chi connectivity index (χ0) is 11.7. The lowest BCUT2D eigenvalue weighted by Gasteiger charge is -2.47. The van der Waals surface area contributed by atoms with Crippen LogP contribution in [0.1, 0.15) is 53.4 Å². The summed E-state index contributed by atoms with van der Waals surface area (Å²) in [7, 11) is 0. The smallest absolute Gasteiger partial charge is 0.139 e. The Balaban J connectivity index is 1.98. The van der Waals surface area contributed by atoms with Crippen LogP contribution >= 0.6 is 0 Å². The fraction of sp³-hybridized carbons (Fsp3) is 0.933. The molecule has 16 heavy (non-hydrogen) atoms. The molecule has 0 N–H and O–H groups in total. The monoisotopic (exact) mass is 220 g/mol. The van der Waals surface area contributed by atoms with E-state index in [0.29, 0.717) is 17.1 Å². The maximum Gasteiger partial charge on any atom is 0.139 e. The second kappa shape index (κ2) is 2.91. The standard InChI is InChI=1S/C15H24O/c1-9-5-6-11(16)15(4)8-7-10-13(12(9)15)14(10,2)3/h9-10,12-13H,5-8H2,1-4H3/t9-,10-,12+,13+,15+/m1/s1. The van der Waals surface area contributed by atoms with E-state index in [2.05, 4.69) is 27.7 Å². The first-order valence-electron chi connectivity index (χ1n) is 6.92. The largest absolute Gasteiger partial charge is 0.299 e. The van der Waals surface area contributed by atoms with Gasteiger partial charge in [0.2, 0.25) is 0 Å². The molecule has 90 valence electrons. The number of hydrogen-bond donors (Lipinski definition) is 0. The molecule has 0 saturated heterocycles. The van der Waals surface area contributed by atoms with Gasteiger partial charge in [0, 0.05) is 11.8 Å². The Labute approximate surface area is 99.0 Å². The summed E-state index contributed by atoms with van der Waals surface area (Å²) in [6, 6.07) is 0. The van der Waals surface area contributed by atoms with Crippen molar-refractivity contribution in [3.8, 4) is 0 Å². The van der Waals surface area contributed by atoms with Gasteiger partial charge in [-0.3, -0.25) is 4.79 Å². The number of rotatable bonds is 0. The van der Waals surface area contributed by atoms with Crippen molar-refractivity contribution in [2.45, 2.75) is 53.4 Å². The van der Waals surface area contributed by atoms with E-state index in [1.54, 1.807) is 0 Å². The molecule has 0 heterocycles. The number of carbonyl (C=O) groups excluding carboxylic acids is 1. The lowest BCUT2D eigenvalue weighted by molar-refractivity contribution is -0.140. The number of Topliss-reactive ketones (excluding diaryl/α,β-unsaturated/α-hetero) is 1. The highest BCUT2D eigenvalue weighted by molar-refractivity contribution is 5.86. The molecule has 0 aromatic rings. The Bertz CT molecular complexity index is 343. The molecular formula is C15H24O. The maximum atomic E-state index is 12.3. The first-order valence-corrected chi connectivity index (χ1v) is 6.92. The first kappa shape index (κ1) is 10.8. The molecule has 1 heteroatoms. The fourth-order valence-electron chi connectivity index (χ4n) is 5.20. The van der Waals surface area contributed by atoms with Gasteiger partial charge in [0.25, 0.3) is 0 Å². The van der Waals surface area contributed by atoms with Gasteiger partial charge in [0.15, 0.2) is 0 Å². The average Bonchev–Trinajstić information content (AvgIpc) is 2.76. The maximum absolute atomic E-state index is 12.3. The molecule has 0 aromatic heterocycles. The minimum Gasteiger partial charge on any atom is -0.299 e. The molecular weight excluding hydrogens is 196 g/mol. The number of fused-ring (bicyclic) bond motifs is 3. The Morgan fingerprint density at radius 3 is 2.50 bits per heavy atom. The third kappa shape index (κ3) is 1.10. The molecule has 0 aliphatic heterocycles. The second-order valence-electron chi connectivity index (χ2n) is 7.37. The summed E-state index contributed by atoms with van der Waals surface area (Å²) in [5, 5.41) is 0. The van der Waals surface area contributed by atoms with Crippen molar-refractivity contribution in [3.05, 3.63) is 0 Å². The molecule has 0 radical (unpaired) electrons. The summed E-state index contributed by atoms with van der Waals surface area (Å²) < 4.78 is 0. The van der Waals surface area contributed by atoms with Crippen molar-refractivity contribution in [1.29, 1.82) is 0 Å². The topological polar surface area (TPSA) is 17.1 Å². The van der Waals surface area contributed by atoms with E-state index < -0.39 is 0 Å². The van der Waals surface area contributed by atoms with E-state index in [9.17, 15) is 4.79 Å². The summed E-state index contributed by atoms with van der Waals surface area (Å²) in [4.78, 5) is 12.3. The zero-order valence-electron chi connectivity index (χ0n) is 11.0. The van der Waals surface area contributed by atoms with Gasteiger partial charge in [-0.05, 0) is 48.3 Å². The van der Waals surface area contributed by atoms with E-state index in [4.69, 9.17) is 0 Å². The fourth-order valence-corrected chi connectivity index (χ4v) is 5.20. The summed E-state index contributed by atoms with van der Waals surface area (Å²) in [6.07, 6.45) is 4.43. The first-order chi connectivity index (χ1) is 7.39. The number of hydrogen-bond acceptors (Lipinski definition) is 1. The summed E-state index contributed by atoms with van der Waals surface area (Å²) in [5.74, 6) is 3.76. The van der Waals surface area contributed by atoms with E-state index in [1.165, 1.54) is 6.42 Å². The minimum atomic E-state index is 0.0343. The van der Waals surface area contributed by atoms with E-state index in [-0.39, 0.29) is 5.41 Å². The van der Waals surface area contributed by atoms with Crippen molar-refractivity contribution >= 4 is 5.78 Å². The lowest BCUT2D eigenvalue weighted by Crippen LogP contribution is -2.46. The highest BCUT2D eigenvalue weighted by Crippen LogP contribution is 2.73. The summed E-state index contributed by atoms with van der Waals surface area (Å²) >= 11 is 0. The lowest BCUT2D eigenvalue weighted by atomic mass is 9.56. The van der Waals surface area contributed by atoms with Crippen LogP contribution in [0.3, 0.4) is 0 Å². The quantitative estimate of drug-likeness (QED) is 0.608. The van der Waals surface area contributed by atoms with Crippen LogP contribution < -0.4 is 0 Å². The van der Waals surface area contributed by atoms with Gasteiger partial charge in [-0.2, -0.15) is 0 Å². The summed E-state index contributed by atoms with van der Waals surface area (Å²) in [6.45, 7) is 9.48. The van der Waals surface area contributed by atoms with Crippen LogP contribution in [0.5, 0.6) is 0 Å². The van der Waals surface area contributed by atoms with Crippen molar-refractivity contribution in [1.82, 2.24) is 0 Å². The van der Waals surface area contributed by atoms with Gasteiger partial charge >= 0.3 is 0 Å². The van der Waals surface area contributed by atoms with Gasteiger partial charge in [-0.25, -0.2) is 0 Å². The minimum absolute atomic E-state index is 0.0343. The third-order valence-electron chi connectivity index (χ3n) is 6.31. The Kier molecular flexibility index (Phi) is 1.97. The van der Waals surface area contributed by atoms with Crippen molar-refractivity contribution in [3.63, 3.8) is 0 Å². The van der Waals surface area contributed by atoms with Crippen LogP contribution in [0.15, 0.2) is 0 Å². The molecule has 0 amide bonds. The third-order valence-corrected chi connectivity index (χ3v) is 6.31. The van der Waals surface area contributed by atoms with Crippen LogP contribution in [-0.4, -0.2) is 5.78 Å². The average molecular weight is 220 g/mol. The van der Waals surface area contributed by atoms with Crippen LogP contribution in [0, 0.1) is 34.5 Å². The van der Waals surface area contributed by atoms with Crippen molar-refractivity contribution in [2.75, 3.05) is 0 Å². The van der Waals surface area contributed by atoms with E-state index in [1.807, 2.05) is 0 Å². The highest BCUT2D eigenvalue weighted by Gasteiger charge is 2.68. The van der Waals surface area contributed by atoms with E-state index >= 15 is 0 Å². The SMILES string of the molecule is C[C@@H]1CCC(=O)[C@]2(C)CC[C@@H]3[C@@H]([C@H]12)C3(C)C. The van der Waals surface area contributed by atoms with Crippen molar-refractivity contribution < 1.29 is 4.79 Å². The van der Waals surface area contributed by atoms with E-state index in [0.717, 1.165) is 37.0 Å². The van der Waals surface area contributed by atoms with Gasteiger partial charge in [0.05, 0.1) is 0 Å². The second-order valence-corrected chi connectivity index (χ2v) is 7.37. The molecule has 3 aliphatic rings. The van der Waals surface area contributed by atoms with Crippen LogP contribution in [0.25, 0.3) is 0 Å². The Morgan fingerprint density at radius 2 is 1.81 bits per heavy atom. The highest BCUT2D eigenvalue weighted by atomic mass is 16.1. The van der Waals surface area contributed by atoms with Gasteiger partial charge < -0.3 is 0 Å². The zero-order valence-corrected chi connectivity index (χ0v) is 11.0. The molecule has 3 fully saturated rings. The molecule has 0 aromatic carbocycles. The van der Waals surface area contributed by atoms with Crippen LogP contribution in [-0.2, 0) is 4.79 Å². The number of ketones is 1. The molecule has 3 aliphatic carbocycles. The van der Waals surface area contributed by atoms with Crippen LogP contribution in [0.2, 0.25) is 0 Å². The molecule has 0 spiro atoms. The van der Waals surface area contributed by atoms with Gasteiger partial charge in [-0.15, -0.1) is 0 Å². The molecule has 3 rings (SSSR count). The Hall–Kier alpha value is -0.330. The normalized spacial score (nSPS) is 54.1. The molecule has 0 bridgehead atoms. The van der Waals surface area contributed by atoms with Crippen LogP contribution in [0.4, 0.5) is 0 Å². The number of carbonyl (C=O) groups is 1. The van der Waals surface area contributed by atoms with Gasteiger partial charge in [0.1, 0.15) is 5.78 Å². The molecule has 1 nitrogen and oxygen atoms in total. The summed E-state index contributed by atoms with van der Waals surface area (Å²) in [5.41, 5.74) is 0.556. The van der Waals surface area contributed by atoms with Gasteiger partial charge in [-0.1, -0.05) is 27.7 Å². The molecule has 3 saturated carbocycles. The van der Waals surface area contributed by atoms with Crippen molar-refractivity contribution in [2.24, 2.45) is 34.5 Å². The molecule has 0 unspecified atom stereocenters. The Morgan fingerprint density at radius 1 is 1.12 bits per heavy atom. The predicted molar refractivity (Wildman–Crippen MR) is 65.0 cm³/mol. The predicted octanol–water partition coefficient (Wildman–Crippen LogP) is 3.67. The molecule has 5 atom stereocenters.